The summed E-state index contributed by atoms with van der Waals surface area (Å²) in [5, 5.41) is 2.97. The minimum Gasteiger partial charge on any atom is -0.493 e. The Morgan fingerprint density at radius 1 is 0.854 bits per heavy atom. The second kappa shape index (κ2) is 13.5. The number of halogens is 1. The molecule has 0 atom stereocenters. The summed E-state index contributed by atoms with van der Waals surface area (Å²) in [6, 6.07) is 22.0. The zero-order valence-corrected chi connectivity index (χ0v) is 25.4. The van der Waals surface area contributed by atoms with Crippen LogP contribution in [0, 0.1) is 5.92 Å². The summed E-state index contributed by atoms with van der Waals surface area (Å²) in [7, 11) is 3.19. The highest BCUT2D eigenvalue weighted by molar-refractivity contribution is 9.10. The lowest BCUT2D eigenvalue weighted by molar-refractivity contribution is -0.136. The van der Waals surface area contributed by atoms with Crippen molar-refractivity contribution in [1.82, 2.24) is 15.1 Å². The molecule has 1 saturated carbocycles. The zero-order chi connectivity index (χ0) is 28.8. The molecule has 2 aliphatic rings. The Balaban J connectivity index is 1.16. The van der Waals surface area contributed by atoms with E-state index in [-0.39, 0.29) is 23.8 Å². The highest BCUT2D eigenvalue weighted by atomic mass is 79.9. The van der Waals surface area contributed by atoms with Gasteiger partial charge in [0.15, 0.2) is 11.5 Å². The van der Waals surface area contributed by atoms with Crippen LogP contribution in [0.3, 0.4) is 0 Å². The second-order valence-corrected chi connectivity index (χ2v) is 11.9. The van der Waals surface area contributed by atoms with Crippen molar-refractivity contribution in [2.45, 2.75) is 51.4 Å². The van der Waals surface area contributed by atoms with E-state index in [2.05, 4.69) is 55.3 Å². The molecule has 1 aliphatic carbocycles. The zero-order valence-electron chi connectivity index (χ0n) is 23.8. The number of ether oxygens (including phenoxy) is 2. The maximum absolute atomic E-state index is 13.3. The average molecular weight is 621 g/mol. The third kappa shape index (κ3) is 7.68. The fraction of sp³-hybridized carbons (Fsp3) is 0.394. The molecule has 1 heterocycles. The fourth-order valence-electron chi connectivity index (χ4n) is 5.42. The van der Waals surface area contributed by atoms with Crippen LogP contribution in [0.5, 0.6) is 11.5 Å². The lowest BCUT2D eigenvalue weighted by Crippen LogP contribution is -2.47. The predicted octanol–water partition coefficient (Wildman–Crippen LogP) is 5.80. The Labute approximate surface area is 250 Å². The van der Waals surface area contributed by atoms with Gasteiger partial charge in [0, 0.05) is 54.7 Å². The quantitative estimate of drug-likeness (QED) is 0.294. The molecule has 5 rings (SSSR count). The molecular formula is C33H38BrN3O4. The summed E-state index contributed by atoms with van der Waals surface area (Å²) >= 11 is 3.51. The third-order valence-electron chi connectivity index (χ3n) is 8.00. The predicted molar refractivity (Wildman–Crippen MR) is 163 cm³/mol. The molecule has 7 nitrogen and oxygen atoms in total. The Kier molecular flexibility index (Phi) is 9.62. The number of benzene rings is 3. The van der Waals surface area contributed by atoms with E-state index in [4.69, 9.17) is 9.47 Å². The van der Waals surface area contributed by atoms with E-state index in [0.29, 0.717) is 30.2 Å². The van der Waals surface area contributed by atoms with Gasteiger partial charge in [0.25, 0.3) is 5.91 Å². The van der Waals surface area contributed by atoms with Gasteiger partial charge in [-0.15, -0.1) is 0 Å². The van der Waals surface area contributed by atoms with Crippen molar-refractivity contribution < 1.29 is 19.1 Å². The van der Waals surface area contributed by atoms with Gasteiger partial charge in [-0.25, -0.2) is 0 Å². The molecule has 2 fully saturated rings. The van der Waals surface area contributed by atoms with Gasteiger partial charge in [-0.3, -0.25) is 14.5 Å². The molecule has 1 saturated heterocycles. The second-order valence-electron chi connectivity index (χ2n) is 10.9. The van der Waals surface area contributed by atoms with Crippen molar-refractivity contribution in [2.24, 2.45) is 5.92 Å². The minimum absolute atomic E-state index is 0.143. The Morgan fingerprint density at radius 2 is 1.49 bits per heavy atom. The third-order valence-corrected chi connectivity index (χ3v) is 8.53. The van der Waals surface area contributed by atoms with Crippen LogP contribution in [0.2, 0.25) is 0 Å². The first-order chi connectivity index (χ1) is 19.9. The normalized spacial score (nSPS) is 15.8. The van der Waals surface area contributed by atoms with Gasteiger partial charge < -0.3 is 19.7 Å². The van der Waals surface area contributed by atoms with Gasteiger partial charge >= 0.3 is 0 Å². The lowest BCUT2D eigenvalue weighted by Gasteiger charge is -2.39. The molecule has 0 unspecified atom stereocenters. The van der Waals surface area contributed by atoms with Crippen LogP contribution in [0.15, 0.2) is 71.2 Å². The van der Waals surface area contributed by atoms with Crippen LogP contribution in [-0.4, -0.2) is 55.0 Å². The first-order valence-corrected chi connectivity index (χ1v) is 15.1. The van der Waals surface area contributed by atoms with E-state index in [1.807, 2.05) is 42.5 Å². The Morgan fingerprint density at radius 3 is 2.12 bits per heavy atom. The van der Waals surface area contributed by atoms with Gasteiger partial charge in [0.1, 0.15) is 0 Å². The molecule has 0 bridgehead atoms. The number of nitrogens with one attached hydrogen (secondary N) is 1. The summed E-state index contributed by atoms with van der Waals surface area (Å²) in [5.41, 5.74) is 3.87. The number of hydrogen-bond donors (Lipinski definition) is 1. The van der Waals surface area contributed by atoms with Gasteiger partial charge in [0.05, 0.1) is 14.2 Å². The highest BCUT2D eigenvalue weighted by Gasteiger charge is 2.37. The lowest BCUT2D eigenvalue weighted by atomic mass is 10.0. The van der Waals surface area contributed by atoms with Gasteiger partial charge in [-0.2, -0.15) is 0 Å². The average Bonchev–Trinajstić information content (AvgIpc) is 3.86. The van der Waals surface area contributed by atoms with Gasteiger partial charge in [-0.05, 0) is 78.8 Å². The fourth-order valence-corrected chi connectivity index (χ4v) is 5.69. The van der Waals surface area contributed by atoms with Crippen LogP contribution >= 0.6 is 15.9 Å². The van der Waals surface area contributed by atoms with E-state index in [9.17, 15) is 9.59 Å². The largest absolute Gasteiger partial charge is 0.493 e. The number of methoxy groups -OCH3 is 2. The molecule has 2 amide bonds. The standard InChI is InChI=1S/C33H38BrN3O4/c1-40-30-14-7-25(19-31(30)41-2)20-35-32(38)26-8-3-24(4-9-26)22-37(33(39)27-10-11-27)29-15-17-36(18-16-29)21-23-5-12-28(34)13-6-23/h3-9,12-14,19,27,29H,10-11,15-18,20-22H2,1-2H3,(H,35,38). The molecule has 41 heavy (non-hydrogen) atoms. The van der Waals surface area contributed by atoms with Crippen LogP contribution in [0.25, 0.3) is 0 Å². The van der Waals surface area contributed by atoms with Crippen molar-refractivity contribution in [3.63, 3.8) is 0 Å². The SMILES string of the molecule is COc1ccc(CNC(=O)c2ccc(CN(C(=O)C3CC3)C3CCN(Cc4ccc(Br)cc4)CC3)cc2)cc1OC. The van der Waals surface area contributed by atoms with Crippen LogP contribution in [-0.2, 0) is 24.4 Å². The number of piperidine rings is 1. The number of nitrogens with zero attached hydrogens (tertiary/aromatic N) is 2. The van der Waals surface area contributed by atoms with E-state index in [1.54, 1.807) is 14.2 Å². The maximum Gasteiger partial charge on any atom is 0.251 e. The van der Waals surface area contributed by atoms with Crippen molar-refractivity contribution in [3.05, 3.63) is 93.5 Å². The molecule has 1 N–H and O–H groups in total. The van der Waals surface area contributed by atoms with Crippen LogP contribution < -0.4 is 14.8 Å². The van der Waals surface area contributed by atoms with Gasteiger partial charge in [-0.1, -0.05) is 46.3 Å². The van der Waals surface area contributed by atoms with E-state index in [1.165, 1.54) is 5.56 Å². The number of carbonyl (C=O) groups excluding carboxylic acids is 2. The van der Waals surface area contributed by atoms with Crippen molar-refractivity contribution >= 4 is 27.7 Å². The maximum atomic E-state index is 13.3. The monoisotopic (exact) mass is 619 g/mol. The minimum atomic E-state index is -0.143. The summed E-state index contributed by atoms with van der Waals surface area (Å²) in [6.07, 6.45) is 3.95. The molecule has 0 aromatic heterocycles. The number of carbonyl (C=O) groups is 2. The van der Waals surface area contributed by atoms with E-state index < -0.39 is 0 Å². The van der Waals surface area contributed by atoms with E-state index in [0.717, 1.165) is 60.9 Å². The smallest absolute Gasteiger partial charge is 0.251 e. The van der Waals surface area contributed by atoms with Crippen molar-refractivity contribution in [3.8, 4) is 11.5 Å². The molecule has 3 aromatic rings. The molecule has 1 aliphatic heterocycles. The Bertz CT molecular complexity index is 1330. The molecule has 0 radical (unpaired) electrons. The summed E-state index contributed by atoms with van der Waals surface area (Å²) in [6.45, 7) is 3.86. The molecule has 8 heteroatoms. The Hall–Kier alpha value is -3.36. The number of hydrogen-bond acceptors (Lipinski definition) is 5. The molecular weight excluding hydrogens is 582 g/mol. The van der Waals surface area contributed by atoms with Gasteiger partial charge in [0.2, 0.25) is 5.91 Å². The summed E-state index contributed by atoms with van der Waals surface area (Å²) in [5.74, 6) is 1.60. The summed E-state index contributed by atoms with van der Waals surface area (Å²) in [4.78, 5) is 30.7. The molecule has 0 spiro atoms. The summed E-state index contributed by atoms with van der Waals surface area (Å²) < 4.78 is 11.7. The van der Waals surface area contributed by atoms with Crippen molar-refractivity contribution in [1.29, 1.82) is 0 Å². The van der Waals surface area contributed by atoms with E-state index >= 15 is 0 Å². The number of rotatable bonds is 11. The van der Waals surface area contributed by atoms with Crippen LogP contribution in [0.4, 0.5) is 0 Å². The first-order valence-electron chi connectivity index (χ1n) is 14.3. The highest BCUT2D eigenvalue weighted by Crippen LogP contribution is 2.34. The topological polar surface area (TPSA) is 71.1 Å². The molecule has 3 aromatic carbocycles. The number of likely N-dealkylation sites (tertiary alicyclic amines) is 1. The molecule has 216 valence electrons. The first kappa shape index (κ1) is 29.1. The number of amides is 2. The van der Waals surface area contributed by atoms with Crippen molar-refractivity contribution in [2.75, 3.05) is 27.3 Å². The van der Waals surface area contributed by atoms with Crippen LogP contribution in [0.1, 0.15) is 52.7 Å².